The Kier molecular flexibility index (Phi) is 7.41. The quantitative estimate of drug-likeness (QED) is 0.425. The summed E-state index contributed by atoms with van der Waals surface area (Å²) in [5, 5.41) is 3.13. The van der Waals surface area contributed by atoms with Crippen molar-refractivity contribution in [3.05, 3.63) is 89.5 Å². The van der Waals surface area contributed by atoms with Crippen molar-refractivity contribution in [1.29, 1.82) is 0 Å². The number of anilines is 1. The molecule has 0 saturated heterocycles. The molecule has 4 rings (SSSR count). The van der Waals surface area contributed by atoms with E-state index in [1.807, 2.05) is 50.2 Å². The number of hydrogen-bond acceptors (Lipinski definition) is 4. The number of nitrogens with zero attached hydrogens (tertiary/aromatic N) is 1. The van der Waals surface area contributed by atoms with Crippen molar-refractivity contribution < 1.29 is 17.9 Å². The summed E-state index contributed by atoms with van der Waals surface area (Å²) in [5.41, 5.74) is 2.83. The Morgan fingerprint density at radius 1 is 1.00 bits per heavy atom. The zero-order valence-corrected chi connectivity index (χ0v) is 22.1. The molecule has 0 radical (unpaired) electrons. The van der Waals surface area contributed by atoms with Gasteiger partial charge in [-0.25, -0.2) is 8.42 Å². The van der Waals surface area contributed by atoms with Gasteiger partial charge in [-0.3, -0.25) is 9.10 Å². The highest BCUT2D eigenvalue weighted by Crippen LogP contribution is 2.42. The normalized spacial score (nSPS) is 16.5. The molecule has 0 fully saturated rings. The van der Waals surface area contributed by atoms with Crippen LogP contribution in [0.4, 0.5) is 5.69 Å². The van der Waals surface area contributed by atoms with Crippen LogP contribution in [-0.2, 0) is 14.8 Å². The summed E-state index contributed by atoms with van der Waals surface area (Å²) in [5.74, 6) is 0.401. The number of hydrogen-bond donors (Lipinski definition) is 1. The van der Waals surface area contributed by atoms with Gasteiger partial charge in [-0.1, -0.05) is 67.9 Å². The maximum atomic E-state index is 13.7. The van der Waals surface area contributed by atoms with Gasteiger partial charge in [0.2, 0.25) is 5.91 Å². The number of nitrogens with one attached hydrogen (secondary N) is 1. The van der Waals surface area contributed by atoms with Crippen LogP contribution < -0.4 is 14.4 Å². The highest BCUT2D eigenvalue weighted by Gasteiger charge is 2.39. The van der Waals surface area contributed by atoms with Crippen molar-refractivity contribution in [2.75, 3.05) is 10.8 Å². The third-order valence-corrected chi connectivity index (χ3v) is 8.83. The monoisotopic (exact) mass is 506 g/mol. The minimum absolute atomic E-state index is 0.144. The first-order valence-electron chi connectivity index (χ1n) is 12.4. The van der Waals surface area contributed by atoms with Crippen molar-refractivity contribution in [1.82, 2.24) is 5.32 Å². The van der Waals surface area contributed by atoms with Gasteiger partial charge in [-0.2, -0.15) is 0 Å². The first-order valence-corrected chi connectivity index (χ1v) is 13.9. The van der Waals surface area contributed by atoms with Crippen molar-refractivity contribution in [3.8, 4) is 5.75 Å². The Bertz CT molecular complexity index is 1330. The number of benzene rings is 3. The van der Waals surface area contributed by atoms with E-state index in [-0.39, 0.29) is 29.0 Å². The van der Waals surface area contributed by atoms with E-state index in [0.29, 0.717) is 12.1 Å². The van der Waals surface area contributed by atoms with Gasteiger partial charge in [0.15, 0.2) is 0 Å². The fourth-order valence-electron chi connectivity index (χ4n) is 4.90. The summed E-state index contributed by atoms with van der Waals surface area (Å²) in [4.78, 5) is 13.6. The van der Waals surface area contributed by atoms with E-state index in [4.69, 9.17) is 4.74 Å². The van der Waals surface area contributed by atoms with Crippen LogP contribution in [-0.4, -0.2) is 26.5 Å². The second-order valence-corrected chi connectivity index (χ2v) is 11.3. The van der Waals surface area contributed by atoms with Gasteiger partial charge in [-0.15, -0.1) is 0 Å². The summed E-state index contributed by atoms with van der Waals surface area (Å²) in [6.45, 7) is 7.66. The lowest BCUT2D eigenvalue weighted by Crippen LogP contribution is -2.47. The van der Waals surface area contributed by atoms with Crippen LogP contribution in [0.25, 0.3) is 0 Å². The molecule has 36 heavy (non-hydrogen) atoms. The van der Waals surface area contributed by atoms with E-state index in [9.17, 15) is 13.2 Å². The molecule has 6 nitrogen and oxygen atoms in total. The molecule has 0 aliphatic carbocycles. The average molecular weight is 507 g/mol. The number of rotatable bonds is 8. The van der Waals surface area contributed by atoms with Crippen LogP contribution in [0.3, 0.4) is 0 Å². The Morgan fingerprint density at radius 2 is 1.67 bits per heavy atom. The fraction of sp³-hybridized carbons (Fsp3) is 0.345. The standard InChI is InChI=1S/C29H34N2O4S/c1-5-29(6-2)19-25(24-14-10-11-15-27(24)35-29)30-28(32)20-31(26-17-16-21(3)18-22(26)4)36(33,34)23-12-8-7-9-13-23/h7-18,25H,5-6,19-20H2,1-4H3,(H,30,32)/t25-/m1/s1. The van der Waals surface area contributed by atoms with Crippen molar-refractivity contribution in [3.63, 3.8) is 0 Å². The van der Waals surface area contributed by atoms with Gasteiger partial charge in [-0.05, 0) is 56.5 Å². The third-order valence-electron chi connectivity index (χ3n) is 7.06. The Labute approximate surface area is 214 Å². The molecule has 1 aliphatic heterocycles. The van der Waals surface area contributed by atoms with Crippen molar-refractivity contribution in [2.24, 2.45) is 0 Å². The lowest BCUT2D eigenvalue weighted by molar-refractivity contribution is -0.121. The van der Waals surface area contributed by atoms with Crippen LogP contribution in [0.2, 0.25) is 0 Å². The number of ether oxygens (including phenoxy) is 1. The number of carbonyl (C=O) groups is 1. The number of amides is 1. The minimum atomic E-state index is -3.97. The smallest absolute Gasteiger partial charge is 0.264 e. The van der Waals surface area contributed by atoms with Gasteiger partial charge in [0.25, 0.3) is 10.0 Å². The first kappa shape index (κ1) is 25.8. The Morgan fingerprint density at radius 3 is 2.33 bits per heavy atom. The molecule has 0 saturated carbocycles. The van der Waals surface area contributed by atoms with E-state index >= 15 is 0 Å². The molecular weight excluding hydrogens is 472 g/mol. The molecular formula is C29H34N2O4S. The predicted molar refractivity (Wildman–Crippen MR) is 143 cm³/mol. The zero-order valence-electron chi connectivity index (χ0n) is 21.3. The lowest BCUT2D eigenvalue weighted by Gasteiger charge is -2.41. The molecule has 190 valence electrons. The molecule has 1 atom stereocenters. The van der Waals surface area contributed by atoms with Gasteiger partial charge in [0.1, 0.15) is 17.9 Å². The number of para-hydroxylation sites is 1. The highest BCUT2D eigenvalue weighted by molar-refractivity contribution is 7.92. The van der Waals surface area contributed by atoms with E-state index in [2.05, 4.69) is 19.2 Å². The van der Waals surface area contributed by atoms with E-state index in [1.165, 1.54) is 4.31 Å². The SMILES string of the molecule is CCC1(CC)C[C@@H](NC(=O)CN(c2ccc(C)cc2C)S(=O)(=O)c2ccccc2)c2ccccc2O1. The maximum absolute atomic E-state index is 13.7. The van der Waals surface area contributed by atoms with Crippen LogP contribution >= 0.6 is 0 Å². The summed E-state index contributed by atoms with van der Waals surface area (Å²) in [7, 11) is -3.97. The molecule has 0 spiro atoms. The van der Waals surface area contributed by atoms with Gasteiger partial charge >= 0.3 is 0 Å². The third kappa shape index (κ3) is 5.12. The van der Waals surface area contributed by atoms with E-state index < -0.39 is 10.0 Å². The molecule has 1 aliphatic rings. The van der Waals surface area contributed by atoms with Crippen LogP contribution in [0, 0.1) is 13.8 Å². The van der Waals surface area contributed by atoms with Crippen LogP contribution in [0.15, 0.2) is 77.7 Å². The number of aryl methyl sites for hydroxylation is 2. The summed E-state index contributed by atoms with van der Waals surface area (Å²) >= 11 is 0. The second kappa shape index (κ2) is 10.3. The summed E-state index contributed by atoms with van der Waals surface area (Å²) in [6.07, 6.45) is 2.24. The van der Waals surface area contributed by atoms with Crippen molar-refractivity contribution >= 4 is 21.6 Å². The molecule has 7 heteroatoms. The highest BCUT2D eigenvalue weighted by atomic mass is 32.2. The largest absolute Gasteiger partial charge is 0.487 e. The van der Waals surface area contributed by atoms with Crippen LogP contribution in [0.5, 0.6) is 5.75 Å². The minimum Gasteiger partial charge on any atom is -0.487 e. The molecule has 3 aromatic carbocycles. The fourth-order valence-corrected chi connectivity index (χ4v) is 6.41. The van der Waals surface area contributed by atoms with Crippen LogP contribution in [0.1, 0.15) is 55.8 Å². The lowest BCUT2D eigenvalue weighted by atomic mass is 9.83. The number of carbonyl (C=O) groups excluding carboxylic acids is 1. The summed E-state index contributed by atoms with van der Waals surface area (Å²) in [6, 6.07) is 21.2. The zero-order chi connectivity index (χ0) is 25.9. The van der Waals surface area contributed by atoms with Gasteiger partial charge in [0.05, 0.1) is 16.6 Å². The molecule has 0 bridgehead atoms. The molecule has 0 aromatic heterocycles. The average Bonchev–Trinajstić information content (AvgIpc) is 2.88. The number of fused-ring (bicyclic) bond motifs is 1. The maximum Gasteiger partial charge on any atom is 0.264 e. The predicted octanol–water partition coefficient (Wildman–Crippen LogP) is 5.70. The second-order valence-electron chi connectivity index (χ2n) is 9.47. The molecule has 3 aromatic rings. The summed E-state index contributed by atoms with van der Waals surface area (Å²) < 4.78 is 35.0. The molecule has 1 amide bonds. The Hall–Kier alpha value is -3.32. The number of sulfonamides is 1. The topological polar surface area (TPSA) is 75.7 Å². The van der Waals surface area contributed by atoms with E-state index in [1.54, 1.807) is 36.4 Å². The van der Waals surface area contributed by atoms with Gasteiger partial charge in [0, 0.05) is 12.0 Å². The molecule has 0 unspecified atom stereocenters. The molecule has 1 N–H and O–H groups in total. The van der Waals surface area contributed by atoms with Gasteiger partial charge < -0.3 is 10.1 Å². The molecule has 1 heterocycles. The Balaban J connectivity index is 1.67. The van der Waals surface area contributed by atoms with E-state index in [0.717, 1.165) is 35.3 Å². The first-order chi connectivity index (χ1) is 17.2. The van der Waals surface area contributed by atoms with Crippen molar-refractivity contribution in [2.45, 2.75) is 63.5 Å².